The Morgan fingerprint density at radius 1 is 0.676 bits per heavy atom. The summed E-state index contributed by atoms with van der Waals surface area (Å²) in [5, 5.41) is 2.45. The summed E-state index contributed by atoms with van der Waals surface area (Å²) in [6.45, 7) is 4.57. The van der Waals surface area contributed by atoms with E-state index in [-0.39, 0.29) is 5.41 Å². The molecule has 6 rings (SSSR count). The summed E-state index contributed by atoms with van der Waals surface area (Å²) in [6.07, 6.45) is 8.39. The summed E-state index contributed by atoms with van der Waals surface area (Å²) in [5.41, 5.74) is 6.83. The second-order valence-corrected chi connectivity index (χ2v) is 9.13. The molecule has 1 heteroatoms. The fourth-order valence-corrected chi connectivity index (χ4v) is 5.12. The number of aromatic nitrogens is 1. The largest absolute Gasteiger partial charge is 0.264 e. The van der Waals surface area contributed by atoms with Crippen LogP contribution in [0.2, 0.25) is 0 Å². The first kappa shape index (κ1) is 21.9. The van der Waals surface area contributed by atoms with E-state index < -0.39 is 0 Å². The Balaban J connectivity index is 0.000000200. The van der Waals surface area contributed by atoms with Crippen LogP contribution in [-0.4, -0.2) is 4.98 Å². The Morgan fingerprint density at radius 2 is 1.35 bits per heavy atom. The number of hydrogen-bond donors (Lipinski definition) is 0. The minimum atomic E-state index is -0.0522. The van der Waals surface area contributed by atoms with E-state index in [2.05, 4.69) is 122 Å². The molecule has 0 saturated heterocycles. The molecular weight excluding hydrogens is 410 g/mol. The molecule has 34 heavy (non-hydrogen) atoms. The van der Waals surface area contributed by atoms with Gasteiger partial charge in [0.1, 0.15) is 0 Å². The van der Waals surface area contributed by atoms with Crippen LogP contribution >= 0.6 is 0 Å². The summed E-state index contributed by atoms with van der Waals surface area (Å²) in [7, 11) is 0. The van der Waals surface area contributed by atoms with Gasteiger partial charge in [0.15, 0.2) is 0 Å². The monoisotopic (exact) mass is 439 g/mol. The van der Waals surface area contributed by atoms with Crippen molar-refractivity contribution in [3.8, 4) is 0 Å². The Labute approximate surface area is 202 Å². The molecule has 2 atom stereocenters. The molecule has 1 aromatic heterocycles. The minimum Gasteiger partial charge on any atom is -0.264 e. The van der Waals surface area contributed by atoms with Crippen LogP contribution in [0.5, 0.6) is 0 Å². The topological polar surface area (TPSA) is 12.9 Å². The van der Waals surface area contributed by atoms with Gasteiger partial charge in [0.05, 0.1) is 0 Å². The molecular formula is C33H29N. The van der Waals surface area contributed by atoms with Gasteiger partial charge in [0.25, 0.3) is 0 Å². The summed E-state index contributed by atoms with van der Waals surface area (Å²) < 4.78 is 0. The molecule has 1 aliphatic rings. The van der Waals surface area contributed by atoms with E-state index in [1.807, 2.05) is 30.6 Å². The lowest BCUT2D eigenvalue weighted by Crippen LogP contribution is -2.32. The molecule has 1 heterocycles. The Kier molecular flexibility index (Phi) is 6.10. The van der Waals surface area contributed by atoms with E-state index in [4.69, 9.17) is 0 Å². The lowest BCUT2D eigenvalue weighted by molar-refractivity contribution is 0.513. The predicted molar refractivity (Wildman–Crippen MR) is 144 cm³/mol. The summed E-state index contributed by atoms with van der Waals surface area (Å²) >= 11 is 0. The Morgan fingerprint density at radius 3 is 2.09 bits per heavy atom. The molecule has 1 aliphatic carbocycles. The average molecular weight is 440 g/mol. The lowest BCUT2D eigenvalue weighted by Gasteiger charge is -2.40. The highest BCUT2D eigenvalue weighted by Crippen LogP contribution is 2.49. The van der Waals surface area contributed by atoms with Crippen LogP contribution in [0.3, 0.4) is 0 Å². The summed E-state index contributed by atoms with van der Waals surface area (Å²) in [4.78, 5) is 4.01. The van der Waals surface area contributed by atoms with Crippen LogP contribution in [0.25, 0.3) is 16.8 Å². The number of nitrogens with zero attached hydrogens (tertiary/aromatic N) is 1. The fraction of sp³-hybridized carbons (Fsp3) is 0.121. The molecule has 0 N–H and O–H groups in total. The maximum Gasteiger partial charge on any atom is 0.0346 e. The quantitative estimate of drug-likeness (QED) is 0.269. The Hall–Kier alpha value is -3.97. The summed E-state index contributed by atoms with van der Waals surface area (Å²) in [5.74, 6) is 0.320. The van der Waals surface area contributed by atoms with E-state index in [0.717, 1.165) is 0 Å². The van der Waals surface area contributed by atoms with Gasteiger partial charge in [0, 0.05) is 23.7 Å². The lowest BCUT2D eigenvalue weighted by atomic mass is 9.62. The van der Waals surface area contributed by atoms with Gasteiger partial charge in [-0.25, -0.2) is 0 Å². The van der Waals surface area contributed by atoms with Crippen molar-refractivity contribution in [1.29, 1.82) is 0 Å². The van der Waals surface area contributed by atoms with Gasteiger partial charge < -0.3 is 0 Å². The van der Waals surface area contributed by atoms with E-state index in [9.17, 15) is 0 Å². The first-order valence-electron chi connectivity index (χ1n) is 11.8. The molecule has 0 bridgehead atoms. The van der Waals surface area contributed by atoms with Crippen LogP contribution in [0.15, 0.2) is 128 Å². The van der Waals surface area contributed by atoms with Gasteiger partial charge >= 0.3 is 0 Å². The molecule has 0 radical (unpaired) electrons. The summed E-state index contributed by atoms with van der Waals surface area (Å²) in [6, 6.07) is 38.7. The number of rotatable bonds is 2. The van der Waals surface area contributed by atoms with E-state index in [0.29, 0.717) is 5.92 Å². The maximum atomic E-state index is 4.01. The van der Waals surface area contributed by atoms with Crippen molar-refractivity contribution in [1.82, 2.24) is 4.98 Å². The molecule has 4 aromatic carbocycles. The third kappa shape index (κ3) is 4.18. The molecule has 0 spiro atoms. The van der Waals surface area contributed by atoms with Gasteiger partial charge in [-0.1, -0.05) is 122 Å². The average Bonchev–Trinajstić information content (AvgIpc) is 2.90. The maximum absolute atomic E-state index is 4.01. The van der Waals surface area contributed by atoms with Gasteiger partial charge in [0.2, 0.25) is 0 Å². The molecule has 1 nitrogen and oxygen atoms in total. The zero-order valence-electron chi connectivity index (χ0n) is 19.7. The van der Waals surface area contributed by atoms with Crippen LogP contribution in [0.1, 0.15) is 40.7 Å². The first-order chi connectivity index (χ1) is 16.7. The molecule has 0 amide bonds. The van der Waals surface area contributed by atoms with Crippen molar-refractivity contribution < 1.29 is 0 Å². The predicted octanol–water partition coefficient (Wildman–Crippen LogP) is 8.35. The third-order valence-electron chi connectivity index (χ3n) is 6.94. The van der Waals surface area contributed by atoms with Crippen LogP contribution in [-0.2, 0) is 5.41 Å². The zero-order valence-corrected chi connectivity index (χ0v) is 19.7. The highest BCUT2D eigenvalue weighted by Gasteiger charge is 2.39. The van der Waals surface area contributed by atoms with Gasteiger partial charge in [-0.05, 0) is 51.6 Å². The van der Waals surface area contributed by atoms with Crippen molar-refractivity contribution in [2.75, 3.05) is 0 Å². The van der Waals surface area contributed by atoms with Crippen molar-refractivity contribution in [2.24, 2.45) is 0 Å². The van der Waals surface area contributed by atoms with E-state index >= 15 is 0 Å². The number of benzene rings is 4. The van der Waals surface area contributed by atoms with Crippen LogP contribution < -0.4 is 0 Å². The third-order valence-corrected chi connectivity index (χ3v) is 6.94. The highest BCUT2D eigenvalue weighted by molar-refractivity contribution is 5.81. The Bertz CT molecular complexity index is 1350. The van der Waals surface area contributed by atoms with Crippen molar-refractivity contribution in [3.63, 3.8) is 0 Å². The second kappa shape index (κ2) is 9.49. The number of pyridine rings is 1. The smallest absolute Gasteiger partial charge is 0.0346 e. The number of aryl methyl sites for hydroxylation is 1. The molecule has 0 aliphatic heterocycles. The van der Waals surface area contributed by atoms with Crippen LogP contribution in [0, 0.1) is 6.92 Å². The number of hydrogen-bond acceptors (Lipinski definition) is 1. The van der Waals surface area contributed by atoms with E-state index in [1.165, 1.54) is 38.6 Å². The first-order valence-corrected chi connectivity index (χ1v) is 11.8. The SMILES string of the molecule is Cc1cccc2c1C=CC(C)(c1ccccc1)C2c1ccccc1.c1ccc2cnccc2c1. The molecule has 5 aromatic rings. The number of fused-ring (bicyclic) bond motifs is 2. The van der Waals surface area contributed by atoms with Gasteiger partial charge in [-0.2, -0.15) is 0 Å². The fourth-order valence-electron chi connectivity index (χ4n) is 5.12. The van der Waals surface area contributed by atoms with Gasteiger partial charge in [-0.15, -0.1) is 0 Å². The zero-order chi connectivity index (χ0) is 23.4. The van der Waals surface area contributed by atoms with Crippen molar-refractivity contribution in [2.45, 2.75) is 25.2 Å². The minimum absolute atomic E-state index is 0.0522. The molecule has 2 unspecified atom stereocenters. The van der Waals surface area contributed by atoms with Gasteiger partial charge in [-0.3, -0.25) is 4.98 Å². The standard InChI is InChI=1S/C24H22.C9H7N/c1-18-10-9-15-22-21(18)16-17-24(2,20-13-7-4-8-14-20)23(22)19-11-5-3-6-12-19;1-2-4-9-7-10-6-5-8(9)3-1/h3-17,23H,1-2H3;1-7H. The number of allylic oxidation sites excluding steroid dienone is 1. The van der Waals surface area contributed by atoms with Crippen molar-refractivity contribution >= 4 is 16.8 Å². The normalized spacial score (nSPS) is 18.6. The second-order valence-electron chi connectivity index (χ2n) is 9.13. The van der Waals surface area contributed by atoms with Crippen LogP contribution in [0.4, 0.5) is 0 Å². The molecule has 166 valence electrons. The highest BCUT2D eigenvalue weighted by atomic mass is 14.6. The van der Waals surface area contributed by atoms with Crippen molar-refractivity contribution in [3.05, 3.63) is 155 Å². The molecule has 0 fully saturated rings. The molecule has 0 saturated carbocycles. The van der Waals surface area contributed by atoms with E-state index in [1.54, 1.807) is 0 Å².